The van der Waals surface area contributed by atoms with Gasteiger partial charge < -0.3 is 10.0 Å². The van der Waals surface area contributed by atoms with Crippen LogP contribution in [0.1, 0.15) is 15.4 Å². The highest BCUT2D eigenvalue weighted by Gasteiger charge is 2.16. The predicted octanol–water partition coefficient (Wildman–Crippen LogP) is 0.589. The Labute approximate surface area is 98.5 Å². The lowest BCUT2D eigenvalue weighted by Crippen LogP contribution is -2.43. The van der Waals surface area contributed by atoms with E-state index < -0.39 is 5.97 Å². The summed E-state index contributed by atoms with van der Waals surface area (Å²) in [6.45, 7) is 5.04. The zero-order valence-electron chi connectivity index (χ0n) is 9.22. The summed E-state index contributed by atoms with van der Waals surface area (Å²) in [6.07, 6.45) is 0. The van der Waals surface area contributed by atoms with Crippen molar-refractivity contribution in [3.8, 4) is 0 Å². The number of carboxylic acid groups (broad SMARTS) is 1. The van der Waals surface area contributed by atoms with E-state index in [1.165, 1.54) is 11.5 Å². The number of nitrogens with zero attached hydrogens (tertiary/aromatic N) is 3. The van der Waals surface area contributed by atoms with E-state index in [9.17, 15) is 4.79 Å². The van der Waals surface area contributed by atoms with Gasteiger partial charge in [-0.25, -0.2) is 4.79 Å². The minimum Gasteiger partial charge on any atom is -0.476 e. The van der Waals surface area contributed by atoms with Crippen molar-refractivity contribution in [2.75, 3.05) is 33.2 Å². The van der Waals surface area contributed by atoms with Gasteiger partial charge in [0.2, 0.25) is 0 Å². The SMILES string of the molecule is CN1CCN(Cc2cc(C(=O)O)ns2)CC1. The molecule has 0 spiro atoms. The molecule has 5 nitrogen and oxygen atoms in total. The Bertz CT molecular complexity index is 372. The molecular formula is C10H15N3O2S. The summed E-state index contributed by atoms with van der Waals surface area (Å²) in [5.41, 5.74) is 0.161. The van der Waals surface area contributed by atoms with Crippen molar-refractivity contribution in [3.63, 3.8) is 0 Å². The number of hydrogen-bond acceptors (Lipinski definition) is 5. The van der Waals surface area contributed by atoms with E-state index in [0.29, 0.717) is 0 Å². The van der Waals surface area contributed by atoms with Gasteiger partial charge in [0.1, 0.15) is 0 Å². The molecule has 0 atom stereocenters. The molecule has 88 valence electrons. The van der Waals surface area contributed by atoms with Crippen LogP contribution in [0.2, 0.25) is 0 Å². The van der Waals surface area contributed by atoms with Crippen LogP contribution in [0.5, 0.6) is 0 Å². The molecule has 0 aliphatic carbocycles. The van der Waals surface area contributed by atoms with Gasteiger partial charge in [0.25, 0.3) is 0 Å². The summed E-state index contributed by atoms with van der Waals surface area (Å²) in [5.74, 6) is -0.944. The molecule has 1 aliphatic rings. The Kier molecular flexibility index (Phi) is 3.52. The number of piperazine rings is 1. The number of aromatic nitrogens is 1. The summed E-state index contributed by atoms with van der Waals surface area (Å²) in [7, 11) is 2.12. The molecule has 0 unspecified atom stereocenters. The van der Waals surface area contributed by atoms with Crippen molar-refractivity contribution in [2.24, 2.45) is 0 Å². The first-order valence-electron chi connectivity index (χ1n) is 5.25. The third-order valence-corrected chi connectivity index (χ3v) is 3.52. The lowest BCUT2D eigenvalue weighted by Gasteiger charge is -2.31. The lowest BCUT2D eigenvalue weighted by atomic mass is 10.3. The molecule has 16 heavy (non-hydrogen) atoms. The van der Waals surface area contributed by atoms with Crippen molar-refractivity contribution in [3.05, 3.63) is 16.6 Å². The van der Waals surface area contributed by atoms with Crippen molar-refractivity contribution in [1.82, 2.24) is 14.2 Å². The standard InChI is InChI=1S/C10H15N3O2S/c1-12-2-4-13(5-3-12)7-8-6-9(10(14)15)11-16-8/h6H,2-5,7H2,1H3,(H,14,15). The Morgan fingerprint density at radius 3 is 2.75 bits per heavy atom. The fourth-order valence-electron chi connectivity index (χ4n) is 1.71. The Morgan fingerprint density at radius 1 is 1.50 bits per heavy atom. The van der Waals surface area contributed by atoms with Crippen LogP contribution in [-0.2, 0) is 6.54 Å². The summed E-state index contributed by atoms with van der Waals surface area (Å²) < 4.78 is 3.90. The van der Waals surface area contributed by atoms with E-state index in [1.54, 1.807) is 6.07 Å². The molecule has 1 aromatic rings. The molecule has 1 N–H and O–H groups in total. The fraction of sp³-hybridized carbons (Fsp3) is 0.600. The molecule has 0 bridgehead atoms. The maximum absolute atomic E-state index is 10.7. The van der Waals surface area contributed by atoms with Crippen LogP contribution in [0.4, 0.5) is 0 Å². The van der Waals surface area contributed by atoms with Crippen molar-refractivity contribution in [1.29, 1.82) is 0 Å². The highest BCUT2D eigenvalue weighted by Crippen LogP contribution is 2.14. The molecule has 0 saturated carbocycles. The number of hydrogen-bond donors (Lipinski definition) is 1. The second-order valence-electron chi connectivity index (χ2n) is 4.06. The molecule has 2 rings (SSSR count). The molecule has 6 heteroatoms. The number of rotatable bonds is 3. The van der Waals surface area contributed by atoms with Crippen LogP contribution in [0.25, 0.3) is 0 Å². The van der Waals surface area contributed by atoms with Gasteiger partial charge in [-0.2, -0.15) is 4.37 Å². The second-order valence-corrected chi connectivity index (χ2v) is 4.95. The van der Waals surface area contributed by atoms with E-state index in [4.69, 9.17) is 5.11 Å². The Balaban J connectivity index is 1.91. The molecule has 1 aromatic heterocycles. The van der Waals surface area contributed by atoms with Crippen molar-refractivity contribution in [2.45, 2.75) is 6.54 Å². The third-order valence-electron chi connectivity index (χ3n) is 2.75. The monoisotopic (exact) mass is 241 g/mol. The normalized spacial score (nSPS) is 18.8. The van der Waals surface area contributed by atoms with Crippen LogP contribution in [-0.4, -0.2) is 58.5 Å². The molecule has 1 saturated heterocycles. The lowest BCUT2D eigenvalue weighted by molar-refractivity contribution is 0.0691. The molecule has 0 amide bonds. The van der Waals surface area contributed by atoms with Crippen molar-refractivity contribution < 1.29 is 9.90 Å². The minimum absolute atomic E-state index is 0.161. The van der Waals surface area contributed by atoms with E-state index in [0.717, 1.165) is 37.6 Å². The number of aromatic carboxylic acids is 1. The van der Waals surface area contributed by atoms with Gasteiger partial charge in [-0.3, -0.25) is 4.90 Å². The van der Waals surface area contributed by atoms with E-state index >= 15 is 0 Å². The number of carbonyl (C=O) groups is 1. The van der Waals surface area contributed by atoms with Gasteiger partial charge in [-0.15, -0.1) is 0 Å². The summed E-state index contributed by atoms with van der Waals surface area (Å²) in [4.78, 5) is 16.3. The van der Waals surface area contributed by atoms with Gasteiger partial charge in [0.15, 0.2) is 5.69 Å². The van der Waals surface area contributed by atoms with Crippen LogP contribution >= 0.6 is 11.5 Å². The highest BCUT2D eigenvalue weighted by molar-refractivity contribution is 7.05. The summed E-state index contributed by atoms with van der Waals surface area (Å²) in [6, 6.07) is 1.67. The average molecular weight is 241 g/mol. The van der Waals surface area contributed by atoms with Gasteiger partial charge >= 0.3 is 5.97 Å². The third kappa shape index (κ3) is 2.78. The maximum atomic E-state index is 10.7. The zero-order chi connectivity index (χ0) is 11.5. The Hall–Kier alpha value is -0.980. The molecule has 1 fully saturated rings. The first-order valence-corrected chi connectivity index (χ1v) is 6.02. The molecule has 1 aliphatic heterocycles. The zero-order valence-corrected chi connectivity index (χ0v) is 10.0. The Morgan fingerprint density at radius 2 is 2.19 bits per heavy atom. The van der Waals surface area contributed by atoms with Gasteiger partial charge in [-0.05, 0) is 24.6 Å². The van der Waals surface area contributed by atoms with Gasteiger partial charge in [0, 0.05) is 37.6 Å². The van der Waals surface area contributed by atoms with Crippen molar-refractivity contribution >= 4 is 17.5 Å². The van der Waals surface area contributed by atoms with Crippen LogP contribution in [0.3, 0.4) is 0 Å². The second kappa shape index (κ2) is 4.90. The van der Waals surface area contributed by atoms with Crippen LogP contribution in [0.15, 0.2) is 6.07 Å². The largest absolute Gasteiger partial charge is 0.476 e. The number of carboxylic acids is 1. The van der Waals surface area contributed by atoms with Crippen LogP contribution in [0, 0.1) is 0 Å². The van der Waals surface area contributed by atoms with Gasteiger partial charge in [0.05, 0.1) is 0 Å². The van der Waals surface area contributed by atoms with Gasteiger partial charge in [-0.1, -0.05) is 0 Å². The predicted molar refractivity (Wildman–Crippen MR) is 61.8 cm³/mol. The minimum atomic E-state index is -0.944. The molecule has 0 aromatic carbocycles. The molecular weight excluding hydrogens is 226 g/mol. The number of likely N-dealkylation sites (N-methyl/N-ethyl adjacent to an activating group) is 1. The quantitative estimate of drug-likeness (QED) is 0.839. The van der Waals surface area contributed by atoms with E-state index in [-0.39, 0.29) is 5.69 Å². The average Bonchev–Trinajstić information content (AvgIpc) is 2.70. The first-order chi connectivity index (χ1) is 7.65. The molecule has 0 radical (unpaired) electrons. The van der Waals surface area contributed by atoms with Crippen LogP contribution < -0.4 is 0 Å². The summed E-state index contributed by atoms with van der Waals surface area (Å²) in [5, 5.41) is 8.76. The summed E-state index contributed by atoms with van der Waals surface area (Å²) >= 11 is 1.29. The van der Waals surface area contributed by atoms with E-state index in [2.05, 4.69) is 21.2 Å². The molecule has 2 heterocycles. The topological polar surface area (TPSA) is 56.7 Å². The smallest absolute Gasteiger partial charge is 0.355 e. The first kappa shape index (κ1) is 11.5. The maximum Gasteiger partial charge on any atom is 0.355 e. The highest BCUT2D eigenvalue weighted by atomic mass is 32.1. The fourth-order valence-corrected chi connectivity index (χ4v) is 2.47. The van der Waals surface area contributed by atoms with E-state index in [1.807, 2.05) is 0 Å².